The first-order valence-electron chi connectivity index (χ1n) is 5.39. The molecule has 5 nitrogen and oxygen atoms in total. The van der Waals surface area contributed by atoms with E-state index in [-0.39, 0.29) is 5.69 Å². The lowest BCUT2D eigenvalue weighted by atomic mass is 10.1. The van der Waals surface area contributed by atoms with Crippen molar-refractivity contribution in [1.82, 2.24) is 9.78 Å². The zero-order chi connectivity index (χ0) is 13.3. The van der Waals surface area contributed by atoms with Crippen molar-refractivity contribution in [2.75, 3.05) is 0 Å². The molecule has 5 heteroatoms. The van der Waals surface area contributed by atoms with Crippen molar-refractivity contribution in [3.63, 3.8) is 0 Å². The van der Waals surface area contributed by atoms with Gasteiger partial charge in [0.15, 0.2) is 17.7 Å². The Morgan fingerprint density at radius 2 is 1.94 bits per heavy atom. The Kier molecular flexibility index (Phi) is 2.97. The molecule has 0 atom stereocenters. The molecule has 0 spiro atoms. The highest BCUT2D eigenvalue weighted by Gasteiger charge is 2.09. The van der Waals surface area contributed by atoms with Gasteiger partial charge in [0, 0.05) is 6.07 Å². The van der Waals surface area contributed by atoms with Gasteiger partial charge in [-0.05, 0) is 37.1 Å². The summed E-state index contributed by atoms with van der Waals surface area (Å²) in [6, 6.07) is 6.38. The fraction of sp³-hybridized carbons (Fsp3) is 0.154. The number of aryl methyl sites for hydroxylation is 2. The van der Waals surface area contributed by atoms with Crippen LogP contribution in [-0.2, 0) is 0 Å². The van der Waals surface area contributed by atoms with Gasteiger partial charge in [0.1, 0.15) is 0 Å². The Labute approximate surface area is 103 Å². The summed E-state index contributed by atoms with van der Waals surface area (Å²) in [7, 11) is 0. The summed E-state index contributed by atoms with van der Waals surface area (Å²) in [4.78, 5) is 22.4. The zero-order valence-corrected chi connectivity index (χ0v) is 10.0. The summed E-state index contributed by atoms with van der Waals surface area (Å²) in [6.07, 6.45) is 0.409. The van der Waals surface area contributed by atoms with E-state index < -0.39 is 11.3 Å². The van der Waals surface area contributed by atoms with Crippen molar-refractivity contribution >= 4 is 6.29 Å². The molecule has 2 rings (SSSR count). The van der Waals surface area contributed by atoms with Crippen molar-refractivity contribution in [3.8, 4) is 11.4 Å². The Hall–Kier alpha value is -2.43. The molecule has 0 aliphatic rings. The minimum Gasteiger partial charge on any atom is -0.505 e. The van der Waals surface area contributed by atoms with E-state index in [1.165, 1.54) is 0 Å². The number of nitrogens with zero attached hydrogens (tertiary/aromatic N) is 2. The van der Waals surface area contributed by atoms with Gasteiger partial charge in [0.05, 0.1) is 5.69 Å². The van der Waals surface area contributed by atoms with Crippen molar-refractivity contribution < 1.29 is 9.90 Å². The van der Waals surface area contributed by atoms with Crippen LogP contribution in [0, 0.1) is 13.8 Å². The molecule has 0 bridgehead atoms. The van der Waals surface area contributed by atoms with Crippen LogP contribution in [0.5, 0.6) is 5.75 Å². The number of rotatable bonds is 2. The highest BCUT2D eigenvalue weighted by molar-refractivity contribution is 5.75. The standard InChI is InChI=1S/C13H12N2O3/c1-8-3-4-10(5-9(8)2)15-13(18)6-12(17)11(7-16)14-15/h3-7,17H,1-2H3. The van der Waals surface area contributed by atoms with E-state index in [1.807, 2.05) is 19.9 Å². The first-order chi connectivity index (χ1) is 8.52. The lowest BCUT2D eigenvalue weighted by molar-refractivity contribution is 0.111. The van der Waals surface area contributed by atoms with E-state index >= 15 is 0 Å². The smallest absolute Gasteiger partial charge is 0.275 e. The van der Waals surface area contributed by atoms with Crippen LogP contribution < -0.4 is 5.56 Å². The molecule has 1 aromatic carbocycles. The molecule has 0 aliphatic carbocycles. The van der Waals surface area contributed by atoms with Crippen LogP contribution in [0.3, 0.4) is 0 Å². The van der Waals surface area contributed by atoms with Crippen LogP contribution in [0.2, 0.25) is 0 Å². The molecule has 0 aliphatic heterocycles. The monoisotopic (exact) mass is 244 g/mol. The van der Waals surface area contributed by atoms with Gasteiger partial charge in [0.2, 0.25) is 0 Å². The SMILES string of the molecule is Cc1ccc(-n2nc(C=O)c(O)cc2=O)cc1C. The van der Waals surface area contributed by atoms with Crippen LogP contribution >= 0.6 is 0 Å². The Balaban J connectivity index is 2.67. The van der Waals surface area contributed by atoms with Gasteiger partial charge in [-0.15, -0.1) is 0 Å². The van der Waals surface area contributed by atoms with Crippen molar-refractivity contribution in [1.29, 1.82) is 0 Å². The van der Waals surface area contributed by atoms with Gasteiger partial charge in [0.25, 0.3) is 5.56 Å². The van der Waals surface area contributed by atoms with Gasteiger partial charge < -0.3 is 5.11 Å². The molecule has 0 unspecified atom stereocenters. The highest BCUT2D eigenvalue weighted by atomic mass is 16.3. The summed E-state index contributed by atoms with van der Waals surface area (Å²) >= 11 is 0. The molecule has 18 heavy (non-hydrogen) atoms. The summed E-state index contributed by atoms with van der Waals surface area (Å²) < 4.78 is 1.09. The molecule has 92 valence electrons. The average molecular weight is 244 g/mol. The number of carbonyl (C=O) groups is 1. The topological polar surface area (TPSA) is 72.2 Å². The van der Waals surface area contributed by atoms with Crippen LogP contribution in [0.25, 0.3) is 5.69 Å². The molecule has 0 amide bonds. The molecule has 2 aromatic rings. The average Bonchev–Trinajstić information content (AvgIpc) is 2.33. The maximum Gasteiger partial charge on any atom is 0.275 e. The number of hydrogen-bond acceptors (Lipinski definition) is 4. The summed E-state index contributed by atoms with van der Waals surface area (Å²) in [6.45, 7) is 3.88. The maximum absolute atomic E-state index is 11.7. The Morgan fingerprint density at radius 1 is 1.22 bits per heavy atom. The molecule has 1 aromatic heterocycles. The van der Waals surface area contributed by atoms with Gasteiger partial charge in [-0.1, -0.05) is 6.07 Å². The fourth-order valence-corrected chi connectivity index (χ4v) is 1.59. The molecule has 0 saturated carbocycles. The Morgan fingerprint density at radius 3 is 2.56 bits per heavy atom. The fourth-order valence-electron chi connectivity index (χ4n) is 1.59. The van der Waals surface area contributed by atoms with Crippen LogP contribution in [-0.4, -0.2) is 21.2 Å². The summed E-state index contributed by atoms with van der Waals surface area (Å²) in [5.74, 6) is -0.407. The van der Waals surface area contributed by atoms with Crippen LogP contribution in [0.1, 0.15) is 21.6 Å². The second-order valence-corrected chi connectivity index (χ2v) is 4.05. The van der Waals surface area contributed by atoms with Gasteiger partial charge >= 0.3 is 0 Å². The molecular formula is C13H12N2O3. The lowest BCUT2D eigenvalue weighted by Crippen LogP contribution is -2.21. The van der Waals surface area contributed by atoms with E-state index in [1.54, 1.807) is 12.1 Å². The molecule has 0 fully saturated rings. The Bertz CT molecular complexity index is 674. The quantitative estimate of drug-likeness (QED) is 0.810. The molecular weight excluding hydrogens is 232 g/mol. The first kappa shape index (κ1) is 12.0. The van der Waals surface area contributed by atoms with E-state index in [2.05, 4.69) is 5.10 Å². The van der Waals surface area contributed by atoms with Crippen molar-refractivity contribution in [2.45, 2.75) is 13.8 Å². The second kappa shape index (κ2) is 4.44. The minimum atomic E-state index is -0.485. The minimum absolute atomic E-state index is 0.159. The number of hydrogen-bond donors (Lipinski definition) is 1. The van der Waals surface area contributed by atoms with Gasteiger partial charge in [-0.2, -0.15) is 9.78 Å². The number of benzene rings is 1. The third-order valence-electron chi connectivity index (χ3n) is 2.79. The third kappa shape index (κ3) is 2.02. The predicted molar refractivity (Wildman–Crippen MR) is 66.4 cm³/mol. The van der Waals surface area contributed by atoms with Gasteiger partial charge in [-0.25, -0.2) is 0 Å². The second-order valence-electron chi connectivity index (χ2n) is 4.05. The normalized spacial score (nSPS) is 10.3. The number of aromatic hydroxyl groups is 1. The number of aldehydes is 1. The summed E-state index contributed by atoms with van der Waals surface area (Å²) in [5, 5.41) is 13.2. The number of aromatic nitrogens is 2. The maximum atomic E-state index is 11.7. The van der Waals surface area contributed by atoms with E-state index in [0.717, 1.165) is 21.9 Å². The van der Waals surface area contributed by atoms with Gasteiger partial charge in [-0.3, -0.25) is 9.59 Å². The molecule has 1 N–H and O–H groups in total. The van der Waals surface area contributed by atoms with E-state index in [0.29, 0.717) is 12.0 Å². The predicted octanol–water partition coefficient (Wildman–Crippen LogP) is 1.37. The third-order valence-corrected chi connectivity index (χ3v) is 2.79. The van der Waals surface area contributed by atoms with Crippen LogP contribution in [0.15, 0.2) is 29.1 Å². The largest absolute Gasteiger partial charge is 0.505 e. The number of carbonyl (C=O) groups excluding carboxylic acids is 1. The summed E-state index contributed by atoms with van der Waals surface area (Å²) in [5.41, 5.74) is 2.03. The van der Waals surface area contributed by atoms with E-state index in [4.69, 9.17) is 0 Å². The highest BCUT2D eigenvalue weighted by Crippen LogP contribution is 2.14. The molecule has 0 radical (unpaired) electrons. The van der Waals surface area contributed by atoms with E-state index in [9.17, 15) is 14.7 Å². The first-order valence-corrected chi connectivity index (χ1v) is 5.39. The van der Waals surface area contributed by atoms with Crippen LogP contribution in [0.4, 0.5) is 0 Å². The van der Waals surface area contributed by atoms with Crippen molar-refractivity contribution in [2.24, 2.45) is 0 Å². The van der Waals surface area contributed by atoms with Crippen molar-refractivity contribution in [3.05, 3.63) is 51.4 Å². The molecule has 1 heterocycles. The zero-order valence-electron chi connectivity index (χ0n) is 10.0. The molecule has 0 saturated heterocycles. The lowest BCUT2D eigenvalue weighted by Gasteiger charge is -2.08.